The Labute approximate surface area is 147 Å². The molecule has 25 heavy (non-hydrogen) atoms. The zero-order valence-corrected chi connectivity index (χ0v) is 14.0. The third-order valence-electron chi connectivity index (χ3n) is 4.65. The number of pyridine rings is 1. The first-order valence-corrected chi connectivity index (χ1v) is 8.85. The summed E-state index contributed by atoms with van der Waals surface area (Å²) in [6.45, 7) is 0. The molecule has 0 aliphatic rings. The summed E-state index contributed by atoms with van der Waals surface area (Å²) in [6.07, 6.45) is 0. The van der Waals surface area contributed by atoms with E-state index >= 15 is 0 Å². The summed E-state index contributed by atoms with van der Waals surface area (Å²) in [5.41, 5.74) is 2.24. The van der Waals surface area contributed by atoms with E-state index in [4.69, 9.17) is 0 Å². The lowest BCUT2D eigenvalue weighted by Crippen LogP contribution is -2.17. The summed E-state index contributed by atoms with van der Waals surface area (Å²) in [7, 11) is 0. The van der Waals surface area contributed by atoms with Gasteiger partial charge in [-0.2, -0.15) is 0 Å². The van der Waals surface area contributed by atoms with E-state index in [0.717, 1.165) is 32.0 Å². The predicted molar refractivity (Wildman–Crippen MR) is 104 cm³/mol. The molecule has 0 fully saturated rings. The van der Waals surface area contributed by atoms with Crippen LogP contribution in [0.5, 0.6) is 0 Å². The number of benzene rings is 3. The average molecular weight is 343 g/mol. The van der Waals surface area contributed by atoms with Crippen molar-refractivity contribution in [1.82, 2.24) is 4.73 Å². The predicted octanol–water partition coefficient (Wildman–Crippen LogP) is 5.27. The molecule has 0 unspecified atom stereocenters. The molecule has 1 N–H and O–H groups in total. The molecule has 0 aliphatic heterocycles. The smallest absolute Gasteiger partial charge is 0.301 e. The summed E-state index contributed by atoms with van der Waals surface area (Å²) in [4.78, 5) is 12.3. The van der Waals surface area contributed by atoms with Gasteiger partial charge in [0.25, 0.3) is 0 Å². The lowest BCUT2D eigenvalue weighted by atomic mass is 9.96. The van der Waals surface area contributed by atoms with Gasteiger partial charge in [0.2, 0.25) is 0 Å². The number of thiophene rings is 1. The van der Waals surface area contributed by atoms with Crippen LogP contribution in [0.25, 0.3) is 42.9 Å². The van der Waals surface area contributed by atoms with Crippen molar-refractivity contribution in [3.8, 4) is 11.1 Å². The number of hydrogen-bond acceptors (Lipinski definition) is 3. The van der Waals surface area contributed by atoms with Crippen LogP contribution in [0.4, 0.5) is 0 Å². The number of aromatic nitrogens is 1. The fourth-order valence-electron chi connectivity index (χ4n) is 3.47. The normalized spacial score (nSPS) is 11.5. The molecule has 0 bridgehead atoms. The molecule has 0 atom stereocenters. The average Bonchev–Trinajstić information content (AvgIpc) is 3.15. The maximum absolute atomic E-state index is 12.3. The fourth-order valence-corrected chi connectivity index (χ4v) is 4.30. The second-order valence-corrected chi connectivity index (χ2v) is 6.96. The Morgan fingerprint density at radius 2 is 1.72 bits per heavy atom. The van der Waals surface area contributed by atoms with E-state index in [2.05, 4.69) is 30.3 Å². The highest BCUT2D eigenvalue weighted by molar-refractivity contribution is 7.17. The van der Waals surface area contributed by atoms with Crippen LogP contribution in [0.3, 0.4) is 0 Å². The lowest BCUT2D eigenvalue weighted by molar-refractivity contribution is 0.190. The van der Waals surface area contributed by atoms with Gasteiger partial charge in [0, 0.05) is 10.8 Å². The topological polar surface area (TPSA) is 42.2 Å². The SMILES string of the molecule is O=c1c2sccc2c2c(-c3ccc4ccccc4c3)cccc2n1O. The van der Waals surface area contributed by atoms with E-state index in [0.29, 0.717) is 10.2 Å². The minimum Gasteiger partial charge on any atom is -0.425 e. The third-order valence-corrected chi connectivity index (χ3v) is 5.55. The molecule has 0 spiro atoms. The second-order valence-electron chi connectivity index (χ2n) is 6.04. The zero-order chi connectivity index (χ0) is 17.0. The molecule has 5 rings (SSSR count). The van der Waals surface area contributed by atoms with Crippen molar-refractivity contribution in [1.29, 1.82) is 0 Å². The van der Waals surface area contributed by atoms with Crippen molar-refractivity contribution in [2.75, 3.05) is 0 Å². The Balaban J connectivity index is 1.94. The Morgan fingerprint density at radius 3 is 2.60 bits per heavy atom. The number of nitrogens with zero attached hydrogens (tertiary/aromatic N) is 1. The van der Waals surface area contributed by atoms with Gasteiger partial charge in [0.05, 0.1) is 5.52 Å². The van der Waals surface area contributed by atoms with Crippen LogP contribution in [0.15, 0.2) is 76.9 Å². The standard InChI is InChI=1S/C21H13NO2S/c23-21-20-17(10-11-25-20)19-16(6-3-7-18(19)22(21)24)15-9-8-13-4-1-2-5-14(13)12-15/h1-12,24H. The Kier molecular flexibility index (Phi) is 2.96. The van der Waals surface area contributed by atoms with E-state index in [1.54, 1.807) is 6.07 Å². The van der Waals surface area contributed by atoms with Crippen LogP contribution in [-0.4, -0.2) is 9.94 Å². The van der Waals surface area contributed by atoms with Gasteiger partial charge in [0.1, 0.15) is 4.70 Å². The van der Waals surface area contributed by atoms with Gasteiger partial charge >= 0.3 is 5.56 Å². The number of hydrogen-bond donors (Lipinski definition) is 1. The van der Waals surface area contributed by atoms with E-state index in [9.17, 15) is 10.0 Å². The van der Waals surface area contributed by atoms with Crippen LogP contribution in [0, 0.1) is 0 Å². The van der Waals surface area contributed by atoms with Gasteiger partial charge in [-0.1, -0.05) is 48.5 Å². The first-order valence-electron chi connectivity index (χ1n) is 7.97. The lowest BCUT2D eigenvalue weighted by Gasteiger charge is -2.11. The minimum absolute atomic E-state index is 0.367. The van der Waals surface area contributed by atoms with Gasteiger partial charge in [0.15, 0.2) is 0 Å². The highest BCUT2D eigenvalue weighted by Crippen LogP contribution is 2.35. The van der Waals surface area contributed by atoms with Crippen LogP contribution in [0.2, 0.25) is 0 Å². The van der Waals surface area contributed by atoms with Crippen molar-refractivity contribution >= 4 is 43.1 Å². The summed E-state index contributed by atoms with van der Waals surface area (Å²) >= 11 is 1.36. The molecular formula is C21H13NO2S. The van der Waals surface area contributed by atoms with Crippen molar-refractivity contribution in [2.45, 2.75) is 0 Å². The molecule has 3 aromatic carbocycles. The van der Waals surface area contributed by atoms with E-state index in [1.165, 1.54) is 16.7 Å². The van der Waals surface area contributed by atoms with Crippen molar-refractivity contribution in [3.05, 3.63) is 82.5 Å². The summed E-state index contributed by atoms with van der Waals surface area (Å²) in [6, 6.07) is 22.2. The molecule has 0 radical (unpaired) electrons. The van der Waals surface area contributed by atoms with Gasteiger partial charge in [-0.05, 0) is 45.5 Å². The highest BCUT2D eigenvalue weighted by atomic mass is 32.1. The Morgan fingerprint density at radius 1 is 0.880 bits per heavy atom. The second kappa shape index (κ2) is 5.19. The maximum atomic E-state index is 12.3. The summed E-state index contributed by atoms with van der Waals surface area (Å²) in [5, 5.41) is 16.4. The Hall–Kier alpha value is -3.11. The molecule has 0 saturated heterocycles. The van der Waals surface area contributed by atoms with Gasteiger partial charge < -0.3 is 5.21 Å². The van der Waals surface area contributed by atoms with Crippen molar-refractivity contribution < 1.29 is 5.21 Å². The molecule has 120 valence electrons. The first-order chi connectivity index (χ1) is 12.2. The maximum Gasteiger partial charge on any atom is 0.301 e. The van der Waals surface area contributed by atoms with Crippen molar-refractivity contribution in [2.24, 2.45) is 0 Å². The molecule has 2 heterocycles. The molecule has 4 heteroatoms. The fraction of sp³-hybridized carbons (Fsp3) is 0. The Bertz CT molecular complexity index is 1330. The van der Waals surface area contributed by atoms with E-state index < -0.39 is 0 Å². The van der Waals surface area contributed by atoms with E-state index in [-0.39, 0.29) is 5.56 Å². The summed E-state index contributed by atoms with van der Waals surface area (Å²) < 4.78 is 1.34. The van der Waals surface area contributed by atoms with Gasteiger partial charge in [-0.25, -0.2) is 0 Å². The van der Waals surface area contributed by atoms with Crippen LogP contribution in [0.1, 0.15) is 0 Å². The molecular weight excluding hydrogens is 330 g/mol. The summed E-state index contributed by atoms with van der Waals surface area (Å²) in [5.74, 6) is 0. The van der Waals surface area contributed by atoms with Gasteiger partial charge in [-0.3, -0.25) is 4.79 Å². The van der Waals surface area contributed by atoms with Crippen LogP contribution >= 0.6 is 11.3 Å². The van der Waals surface area contributed by atoms with Crippen LogP contribution in [-0.2, 0) is 0 Å². The number of rotatable bonds is 1. The zero-order valence-electron chi connectivity index (χ0n) is 13.1. The molecule has 0 saturated carbocycles. The largest absolute Gasteiger partial charge is 0.425 e. The molecule has 0 aliphatic carbocycles. The molecule has 2 aromatic heterocycles. The minimum atomic E-state index is -0.367. The van der Waals surface area contributed by atoms with Crippen molar-refractivity contribution in [3.63, 3.8) is 0 Å². The van der Waals surface area contributed by atoms with Crippen LogP contribution < -0.4 is 5.56 Å². The third kappa shape index (κ3) is 2.01. The molecule has 5 aromatic rings. The number of fused-ring (bicyclic) bond motifs is 4. The highest BCUT2D eigenvalue weighted by Gasteiger charge is 2.15. The quantitative estimate of drug-likeness (QED) is 0.421. The van der Waals surface area contributed by atoms with E-state index in [1.807, 2.05) is 35.7 Å². The molecule has 3 nitrogen and oxygen atoms in total. The monoisotopic (exact) mass is 343 g/mol. The first kappa shape index (κ1) is 14.3. The van der Waals surface area contributed by atoms with Gasteiger partial charge in [-0.15, -0.1) is 16.1 Å². The molecule has 0 amide bonds.